The molecule has 23 heavy (non-hydrogen) atoms. The normalized spacial score (nSPS) is 16.6. The summed E-state index contributed by atoms with van der Waals surface area (Å²) in [6.07, 6.45) is 11.7. The Morgan fingerprint density at radius 1 is 0.957 bits per heavy atom. The molecule has 1 nitrogen and oxygen atoms in total. The molecule has 2 aromatic carbocycles. The number of aliphatic hydroxyl groups excluding tert-OH is 1. The fourth-order valence-electron chi connectivity index (χ4n) is 4.06. The largest absolute Gasteiger partial charge is 0.396 e. The molecule has 0 saturated heterocycles. The number of hydrogen-bond acceptors (Lipinski definition) is 1. The molecule has 116 valence electrons. The van der Waals surface area contributed by atoms with Gasteiger partial charge < -0.3 is 5.11 Å². The molecule has 0 aliphatic heterocycles. The quantitative estimate of drug-likeness (QED) is 0.733. The molecule has 2 aliphatic rings. The molecule has 2 aromatic rings. The molecule has 0 heterocycles. The number of aliphatic hydroxyl groups is 1. The summed E-state index contributed by atoms with van der Waals surface area (Å²) < 4.78 is 0. The summed E-state index contributed by atoms with van der Waals surface area (Å²) in [6.45, 7) is 0.262. The van der Waals surface area contributed by atoms with Gasteiger partial charge in [-0.15, -0.1) is 0 Å². The fraction of sp³-hybridized carbons (Fsp3) is 0.273. The van der Waals surface area contributed by atoms with Crippen LogP contribution in [0.5, 0.6) is 0 Å². The topological polar surface area (TPSA) is 20.2 Å². The summed E-state index contributed by atoms with van der Waals surface area (Å²) in [6, 6.07) is 15.5. The number of rotatable bonds is 5. The van der Waals surface area contributed by atoms with Crippen molar-refractivity contribution in [3.63, 3.8) is 0 Å². The number of fused-ring (bicyclic) bond motifs is 3. The zero-order valence-corrected chi connectivity index (χ0v) is 13.3. The average Bonchev–Trinajstić information content (AvgIpc) is 3.23. The van der Waals surface area contributed by atoms with E-state index in [1.54, 1.807) is 0 Å². The molecule has 2 aliphatic carbocycles. The highest BCUT2D eigenvalue weighted by Crippen LogP contribution is 2.39. The molecule has 1 atom stereocenters. The van der Waals surface area contributed by atoms with Crippen LogP contribution >= 0.6 is 0 Å². The lowest BCUT2D eigenvalue weighted by atomic mass is 9.83. The van der Waals surface area contributed by atoms with Gasteiger partial charge in [0, 0.05) is 6.61 Å². The number of hydrogen-bond donors (Lipinski definition) is 1. The van der Waals surface area contributed by atoms with E-state index < -0.39 is 0 Å². The first kappa shape index (κ1) is 14.5. The zero-order valence-electron chi connectivity index (χ0n) is 13.3. The molecule has 0 fully saturated rings. The van der Waals surface area contributed by atoms with Gasteiger partial charge in [0.05, 0.1) is 0 Å². The van der Waals surface area contributed by atoms with E-state index in [1.807, 2.05) is 0 Å². The molecule has 4 rings (SSSR count). The molecule has 0 saturated carbocycles. The first-order valence-electron chi connectivity index (χ1n) is 8.51. The van der Waals surface area contributed by atoms with Crippen LogP contribution in [0.15, 0.2) is 66.8 Å². The van der Waals surface area contributed by atoms with Crippen LogP contribution in [0.4, 0.5) is 0 Å². The van der Waals surface area contributed by atoms with Crippen LogP contribution in [0.3, 0.4) is 0 Å². The van der Waals surface area contributed by atoms with E-state index in [2.05, 4.69) is 66.8 Å². The van der Waals surface area contributed by atoms with Crippen LogP contribution in [-0.4, -0.2) is 11.7 Å². The van der Waals surface area contributed by atoms with Gasteiger partial charge in [0.1, 0.15) is 0 Å². The standard InChI is InChI=1S/C22H22O/c23-13-12-17(16-6-1-2-7-16)14-18-9-5-11-21-20-10-4-3-8-19(20)15-22(18)21/h1-11,16-17,23H,12-15H2. The highest BCUT2D eigenvalue weighted by Gasteiger charge is 2.24. The summed E-state index contributed by atoms with van der Waals surface area (Å²) in [5.74, 6) is 0.937. The fourth-order valence-corrected chi connectivity index (χ4v) is 4.06. The summed E-state index contributed by atoms with van der Waals surface area (Å²) in [7, 11) is 0. The molecular weight excluding hydrogens is 280 g/mol. The number of benzene rings is 2. The van der Waals surface area contributed by atoms with Crippen LogP contribution < -0.4 is 0 Å². The van der Waals surface area contributed by atoms with E-state index in [9.17, 15) is 5.11 Å². The lowest BCUT2D eigenvalue weighted by molar-refractivity contribution is 0.245. The van der Waals surface area contributed by atoms with Crippen molar-refractivity contribution in [3.8, 4) is 11.1 Å². The predicted molar refractivity (Wildman–Crippen MR) is 95.4 cm³/mol. The molecule has 0 radical (unpaired) electrons. The van der Waals surface area contributed by atoms with Crippen LogP contribution in [0.25, 0.3) is 11.1 Å². The Hall–Kier alpha value is -2.12. The molecule has 1 unspecified atom stereocenters. The van der Waals surface area contributed by atoms with Crippen molar-refractivity contribution >= 4 is 0 Å². The van der Waals surface area contributed by atoms with E-state index in [0.29, 0.717) is 11.8 Å². The lowest BCUT2D eigenvalue weighted by Gasteiger charge is -2.22. The van der Waals surface area contributed by atoms with Gasteiger partial charge in [0.2, 0.25) is 0 Å². The maximum Gasteiger partial charge on any atom is 0.0434 e. The van der Waals surface area contributed by atoms with Crippen molar-refractivity contribution in [2.45, 2.75) is 19.3 Å². The van der Waals surface area contributed by atoms with Crippen molar-refractivity contribution in [2.24, 2.45) is 11.8 Å². The lowest BCUT2D eigenvalue weighted by Crippen LogP contribution is -2.15. The summed E-state index contributed by atoms with van der Waals surface area (Å²) in [4.78, 5) is 0. The smallest absolute Gasteiger partial charge is 0.0434 e. The second kappa shape index (κ2) is 6.17. The predicted octanol–water partition coefficient (Wildman–Crippen LogP) is 4.54. The summed E-state index contributed by atoms with van der Waals surface area (Å²) in [5.41, 5.74) is 7.17. The molecule has 1 N–H and O–H groups in total. The van der Waals surface area contributed by atoms with Gasteiger partial charge in [-0.2, -0.15) is 0 Å². The van der Waals surface area contributed by atoms with Crippen LogP contribution in [0.1, 0.15) is 23.1 Å². The van der Waals surface area contributed by atoms with E-state index in [1.165, 1.54) is 27.8 Å². The van der Waals surface area contributed by atoms with Gasteiger partial charge in [0.25, 0.3) is 0 Å². The van der Waals surface area contributed by atoms with Crippen LogP contribution in [0, 0.1) is 11.8 Å². The van der Waals surface area contributed by atoms with E-state index in [-0.39, 0.29) is 6.61 Å². The van der Waals surface area contributed by atoms with Crippen molar-refractivity contribution in [2.75, 3.05) is 6.61 Å². The Kier molecular flexibility index (Phi) is 3.88. The first-order valence-corrected chi connectivity index (χ1v) is 8.51. The maximum absolute atomic E-state index is 9.46. The van der Waals surface area contributed by atoms with Gasteiger partial charge in [0.15, 0.2) is 0 Å². The monoisotopic (exact) mass is 302 g/mol. The summed E-state index contributed by atoms with van der Waals surface area (Å²) >= 11 is 0. The Morgan fingerprint density at radius 3 is 2.57 bits per heavy atom. The summed E-state index contributed by atoms with van der Waals surface area (Å²) in [5, 5.41) is 9.46. The van der Waals surface area contributed by atoms with Gasteiger partial charge in [-0.25, -0.2) is 0 Å². The first-order chi connectivity index (χ1) is 11.4. The van der Waals surface area contributed by atoms with E-state index in [0.717, 1.165) is 19.3 Å². The molecule has 0 spiro atoms. The highest BCUT2D eigenvalue weighted by molar-refractivity contribution is 5.77. The van der Waals surface area contributed by atoms with Crippen molar-refractivity contribution in [1.82, 2.24) is 0 Å². The minimum atomic E-state index is 0.262. The third-order valence-electron chi connectivity index (χ3n) is 5.25. The molecule has 0 amide bonds. The van der Waals surface area contributed by atoms with Crippen molar-refractivity contribution < 1.29 is 5.11 Å². The van der Waals surface area contributed by atoms with Crippen LogP contribution in [-0.2, 0) is 12.8 Å². The molecule has 0 aromatic heterocycles. The third kappa shape index (κ3) is 2.66. The number of allylic oxidation sites excluding steroid dienone is 4. The second-order valence-corrected chi connectivity index (χ2v) is 6.60. The Balaban J connectivity index is 1.65. The zero-order chi connectivity index (χ0) is 15.6. The van der Waals surface area contributed by atoms with E-state index >= 15 is 0 Å². The average molecular weight is 302 g/mol. The minimum Gasteiger partial charge on any atom is -0.396 e. The molecule has 1 heteroatoms. The Labute approximate surface area is 138 Å². The highest BCUT2D eigenvalue weighted by atomic mass is 16.3. The van der Waals surface area contributed by atoms with Crippen molar-refractivity contribution in [3.05, 3.63) is 83.5 Å². The van der Waals surface area contributed by atoms with Gasteiger partial charge in [-0.1, -0.05) is 66.8 Å². The second-order valence-electron chi connectivity index (χ2n) is 6.60. The third-order valence-corrected chi connectivity index (χ3v) is 5.25. The SMILES string of the molecule is OCCC(Cc1cccc2c1Cc1ccccc1-2)C1C=CC=C1. The molecule has 0 bridgehead atoms. The van der Waals surface area contributed by atoms with E-state index in [4.69, 9.17) is 0 Å². The van der Waals surface area contributed by atoms with Gasteiger partial charge >= 0.3 is 0 Å². The Bertz CT molecular complexity index is 757. The van der Waals surface area contributed by atoms with Gasteiger partial charge in [-0.05, 0) is 58.9 Å². The molecular formula is C22H22O. The maximum atomic E-state index is 9.46. The van der Waals surface area contributed by atoms with Gasteiger partial charge in [-0.3, -0.25) is 0 Å². The van der Waals surface area contributed by atoms with Crippen molar-refractivity contribution in [1.29, 1.82) is 0 Å². The Morgan fingerprint density at radius 2 is 1.74 bits per heavy atom. The minimum absolute atomic E-state index is 0.262. The van der Waals surface area contributed by atoms with Crippen LogP contribution in [0.2, 0.25) is 0 Å².